The van der Waals surface area contributed by atoms with Crippen molar-refractivity contribution in [2.24, 2.45) is 5.92 Å². The molecule has 2 aromatic rings. The van der Waals surface area contributed by atoms with E-state index in [-0.39, 0.29) is 5.91 Å². The molecule has 0 aromatic carbocycles. The maximum absolute atomic E-state index is 12.1. The number of carbonyl (C=O) groups is 1. The third-order valence-electron chi connectivity index (χ3n) is 4.14. The highest BCUT2D eigenvalue weighted by molar-refractivity contribution is 5.93. The normalized spacial score (nSPS) is 15.4. The molecular formula is C17H21N5O. The number of pyridine rings is 1. The van der Waals surface area contributed by atoms with Crippen molar-refractivity contribution in [1.29, 1.82) is 0 Å². The van der Waals surface area contributed by atoms with Crippen LogP contribution in [0.4, 0.5) is 5.95 Å². The summed E-state index contributed by atoms with van der Waals surface area (Å²) in [6.45, 7) is 4.67. The Kier molecular flexibility index (Phi) is 4.80. The third kappa shape index (κ3) is 4.03. The molecule has 1 saturated heterocycles. The van der Waals surface area contributed by atoms with Crippen LogP contribution >= 0.6 is 0 Å². The monoisotopic (exact) mass is 311 g/mol. The smallest absolute Gasteiger partial charge is 0.254 e. The highest BCUT2D eigenvalue weighted by Crippen LogP contribution is 2.19. The highest BCUT2D eigenvalue weighted by atomic mass is 16.1. The zero-order valence-electron chi connectivity index (χ0n) is 13.3. The predicted molar refractivity (Wildman–Crippen MR) is 88.1 cm³/mol. The van der Waals surface area contributed by atoms with Crippen molar-refractivity contribution in [3.63, 3.8) is 0 Å². The summed E-state index contributed by atoms with van der Waals surface area (Å²) in [5.74, 6) is 1.30. The Balaban J connectivity index is 1.57. The second kappa shape index (κ2) is 7.17. The SMILES string of the molecule is CC1CCN(c2ncc(C(=O)NCc3cccnc3)cn2)CC1. The Hall–Kier alpha value is -2.50. The number of carbonyl (C=O) groups excluding carboxylic acids is 1. The van der Waals surface area contributed by atoms with Crippen LogP contribution in [0.1, 0.15) is 35.7 Å². The Morgan fingerprint density at radius 2 is 2.00 bits per heavy atom. The molecule has 1 N–H and O–H groups in total. The summed E-state index contributed by atoms with van der Waals surface area (Å²) in [5.41, 5.74) is 1.43. The van der Waals surface area contributed by atoms with Gasteiger partial charge in [-0.25, -0.2) is 9.97 Å². The number of piperidine rings is 1. The topological polar surface area (TPSA) is 71.0 Å². The first-order valence-electron chi connectivity index (χ1n) is 7.96. The van der Waals surface area contributed by atoms with Crippen LogP contribution in [0.2, 0.25) is 0 Å². The Bertz CT molecular complexity index is 636. The van der Waals surface area contributed by atoms with Crippen LogP contribution < -0.4 is 10.2 Å². The fourth-order valence-electron chi connectivity index (χ4n) is 2.60. The number of nitrogens with zero attached hydrogens (tertiary/aromatic N) is 4. The highest BCUT2D eigenvalue weighted by Gasteiger charge is 2.18. The summed E-state index contributed by atoms with van der Waals surface area (Å²) in [5, 5.41) is 2.85. The standard InChI is InChI=1S/C17H21N5O/c1-13-4-7-22(8-5-13)17-20-11-15(12-21-17)16(23)19-10-14-3-2-6-18-9-14/h2-3,6,9,11-13H,4-5,7-8,10H2,1H3,(H,19,23). The van der Waals surface area contributed by atoms with E-state index in [0.29, 0.717) is 18.1 Å². The molecule has 0 spiro atoms. The van der Waals surface area contributed by atoms with Gasteiger partial charge in [0.15, 0.2) is 0 Å². The van der Waals surface area contributed by atoms with Crippen molar-refractivity contribution in [1.82, 2.24) is 20.3 Å². The molecule has 0 unspecified atom stereocenters. The minimum absolute atomic E-state index is 0.173. The van der Waals surface area contributed by atoms with Gasteiger partial charge in [0.05, 0.1) is 5.56 Å². The molecule has 0 aliphatic carbocycles. The maximum atomic E-state index is 12.1. The summed E-state index contributed by atoms with van der Waals surface area (Å²) < 4.78 is 0. The Labute approximate surface area is 136 Å². The largest absolute Gasteiger partial charge is 0.348 e. The zero-order valence-corrected chi connectivity index (χ0v) is 13.3. The molecule has 2 aromatic heterocycles. The molecule has 3 heterocycles. The maximum Gasteiger partial charge on any atom is 0.254 e. The van der Waals surface area contributed by atoms with Gasteiger partial charge < -0.3 is 10.2 Å². The zero-order chi connectivity index (χ0) is 16.1. The van der Waals surface area contributed by atoms with E-state index in [1.54, 1.807) is 24.8 Å². The number of hydrogen-bond acceptors (Lipinski definition) is 5. The van der Waals surface area contributed by atoms with Crippen molar-refractivity contribution in [2.45, 2.75) is 26.3 Å². The van der Waals surface area contributed by atoms with E-state index in [9.17, 15) is 4.79 Å². The fraction of sp³-hybridized carbons (Fsp3) is 0.412. The van der Waals surface area contributed by atoms with E-state index in [4.69, 9.17) is 0 Å². The summed E-state index contributed by atoms with van der Waals surface area (Å²) >= 11 is 0. The van der Waals surface area contributed by atoms with Gasteiger partial charge in [0.2, 0.25) is 5.95 Å². The van der Waals surface area contributed by atoms with Gasteiger partial charge in [-0.2, -0.15) is 0 Å². The second-order valence-electron chi connectivity index (χ2n) is 5.99. The van der Waals surface area contributed by atoms with E-state index in [1.165, 1.54) is 0 Å². The van der Waals surface area contributed by atoms with Crippen LogP contribution in [0.5, 0.6) is 0 Å². The van der Waals surface area contributed by atoms with Gasteiger partial charge >= 0.3 is 0 Å². The van der Waals surface area contributed by atoms with Crippen LogP contribution in [0.15, 0.2) is 36.9 Å². The molecule has 1 fully saturated rings. The van der Waals surface area contributed by atoms with Gasteiger partial charge in [-0.15, -0.1) is 0 Å². The number of aromatic nitrogens is 3. The van der Waals surface area contributed by atoms with Crippen LogP contribution in [0.25, 0.3) is 0 Å². The third-order valence-corrected chi connectivity index (χ3v) is 4.14. The molecule has 1 amide bonds. The van der Waals surface area contributed by atoms with Crippen LogP contribution in [0, 0.1) is 5.92 Å². The minimum atomic E-state index is -0.173. The molecule has 0 radical (unpaired) electrons. The van der Waals surface area contributed by atoms with Gasteiger partial charge in [0, 0.05) is 44.4 Å². The first kappa shape index (κ1) is 15.4. The lowest BCUT2D eigenvalue weighted by Gasteiger charge is -2.30. The molecule has 1 aliphatic rings. The van der Waals surface area contributed by atoms with Crippen LogP contribution in [-0.4, -0.2) is 33.9 Å². The van der Waals surface area contributed by atoms with Gasteiger partial charge in [-0.1, -0.05) is 13.0 Å². The van der Waals surface area contributed by atoms with E-state index in [2.05, 4.69) is 32.1 Å². The minimum Gasteiger partial charge on any atom is -0.348 e. The first-order chi connectivity index (χ1) is 11.2. The van der Waals surface area contributed by atoms with Gasteiger partial charge in [-0.05, 0) is 30.4 Å². The molecule has 6 nitrogen and oxygen atoms in total. The molecule has 0 saturated carbocycles. The van der Waals surface area contributed by atoms with E-state index in [0.717, 1.165) is 37.4 Å². The van der Waals surface area contributed by atoms with Crippen molar-refractivity contribution in [3.05, 3.63) is 48.0 Å². The van der Waals surface area contributed by atoms with Crippen molar-refractivity contribution >= 4 is 11.9 Å². The lowest BCUT2D eigenvalue weighted by molar-refractivity contribution is 0.0950. The molecule has 23 heavy (non-hydrogen) atoms. The number of anilines is 1. The fourth-order valence-corrected chi connectivity index (χ4v) is 2.60. The van der Waals surface area contributed by atoms with Gasteiger partial charge in [-0.3, -0.25) is 9.78 Å². The molecule has 0 atom stereocenters. The Morgan fingerprint density at radius 1 is 1.26 bits per heavy atom. The number of amides is 1. The quantitative estimate of drug-likeness (QED) is 0.935. The van der Waals surface area contributed by atoms with Crippen molar-refractivity contribution in [2.75, 3.05) is 18.0 Å². The summed E-state index contributed by atoms with van der Waals surface area (Å²) in [7, 11) is 0. The van der Waals surface area contributed by atoms with Crippen LogP contribution in [0.3, 0.4) is 0 Å². The first-order valence-corrected chi connectivity index (χ1v) is 7.96. The van der Waals surface area contributed by atoms with E-state index < -0.39 is 0 Å². The van der Waals surface area contributed by atoms with Gasteiger partial charge in [0.1, 0.15) is 0 Å². The summed E-state index contributed by atoms with van der Waals surface area (Å²) in [6, 6.07) is 3.77. The Morgan fingerprint density at radius 3 is 2.65 bits per heavy atom. The molecule has 120 valence electrons. The van der Waals surface area contributed by atoms with E-state index in [1.807, 2.05) is 12.1 Å². The molecular weight excluding hydrogens is 290 g/mol. The van der Waals surface area contributed by atoms with Crippen molar-refractivity contribution < 1.29 is 4.79 Å². The molecule has 1 aliphatic heterocycles. The molecule has 6 heteroatoms. The van der Waals surface area contributed by atoms with E-state index >= 15 is 0 Å². The second-order valence-corrected chi connectivity index (χ2v) is 5.99. The average Bonchev–Trinajstić information content (AvgIpc) is 2.61. The van der Waals surface area contributed by atoms with Crippen LogP contribution in [-0.2, 0) is 6.54 Å². The number of hydrogen-bond donors (Lipinski definition) is 1. The van der Waals surface area contributed by atoms with Gasteiger partial charge in [0.25, 0.3) is 5.91 Å². The average molecular weight is 311 g/mol. The summed E-state index contributed by atoms with van der Waals surface area (Å²) in [6.07, 6.45) is 8.96. The number of rotatable bonds is 4. The van der Waals surface area contributed by atoms with Crippen molar-refractivity contribution in [3.8, 4) is 0 Å². The summed E-state index contributed by atoms with van der Waals surface area (Å²) in [4.78, 5) is 27.0. The molecule has 3 rings (SSSR count). The molecule has 0 bridgehead atoms. The predicted octanol–water partition coefficient (Wildman–Crippen LogP) is 2.04. The lowest BCUT2D eigenvalue weighted by atomic mass is 10.00. The number of nitrogens with one attached hydrogen (secondary N) is 1. The lowest BCUT2D eigenvalue weighted by Crippen LogP contribution is -2.34.